The van der Waals surface area contributed by atoms with Crippen LogP contribution in [-0.4, -0.2) is 48.5 Å². The van der Waals surface area contributed by atoms with Crippen LogP contribution in [0.5, 0.6) is 11.5 Å². The van der Waals surface area contributed by atoms with E-state index in [-0.39, 0.29) is 10.6 Å². The van der Waals surface area contributed by atoms with Crippen molar-refractivity contribution >= 4 is 21.6 Å². The Morgan fingerprint density at radius 1 is 0.944 bits per heavy atom. The van der Waals surface area contributed by atoms with Crippen LogP contribution in [0.4, 0.5) is 0 Å². The number of fused-ring (bicyclic) bond motifs is 1. The number of nitrogens with one attached hydrogen (secondary N) is 3. The predicted octanol–water partition coefficient (Wildman–Crippen LogP) is 3.54. The highest BCUT2D eigenvalue weighted by Crippen LogP contribution is 2.31. The summed E-state index contributed by atoms with van der Waals surface area (Å²) in [6, 6.07) is 19.9. The number of phenolic OH excluding ortho intramolecular Hbond substituents is 1. The van der Waals surface area contributed by atoms with Crippen molar-refractivity contribution in [2.45, 2.75) is 25.4 Å². The van der Waals surface area contributed by atoms with Crippen molar-refractivity contribution in [2.24, 2.45) is 0 Å². The van der Waals surface area contributed by atoms with Crippen molar-refractivity contribution in [1.82, 2.24) is 15.6 Å². The van der Waals surface area contributed by atoms with Crippen molar-refractivity contribution in [3.8, 4) is 11.5 Å². The van der Waals surface area contributed by atoms with Gasteiger partial charge in [0.2, 0.25) is 0 Å². The van der Waals surface area contributed by atoms with Crippen molar-refractivity contribution in [1.29, 1.82) is 0 Å². The van der Waals surface area contributed by atoms with E-state index in [2.05, 4.69) is 45.9 Å². The van der Waals surface area contributed by atoms with Gasteiger partial charge in [0.1, 0.15) is 17.0 Å². The molecule has 3 aromatic carbocycles. The van der Waals surface area contributed by atoms with Gasteiger partial charge in [-0.15, -0.1) is 0 Å². The van der Waals surface area contributed by atoms with E-state index in [9.17, 15) is 15.0 Å². The fourth-order valence-corrected chi connectivity index (χ4v) is 5.23. The van der Waals surface area contributed by atoms with Crippen molar-refractivity contribution in [3.05, 3.63) is 92.6 Å². The summed E-state index contributed by atoms with van der Waals surface area (Å²) in [5.74, 6) is 0.949. The van der Waals surface area contributed by atoms with Crippen LogP contribution in [0.15, 0.2) is 65.5 Å². The molecule has 0 aliphatic carbocycles. The summed E-state index contributed by atoms with van der Waals surface area (Å²) in [6.45, 7) is 2.90. The number of aliphatic hydroxyl groups excluding tert-OH is 1. The van der Waals surface area contributed by atoms with Crippen LogP contribution in [0.3, 0.4) is 0 Å². The van der Waals surface area contributed by atoms with Gasteiger partial charge in [0, 0.05) is 12.1 Å². The largest absolute Gasteiger partial charge is 0.506 e. The molecule has 1 atom stereocenters. The zero-order valence-electron chi connectivity index (χ0n) is 20.4. The molecule has 7 nitrogen and oxygen atoms in total. The lowest BCUT2D eigenvalue weighted by atomic mass is 10.1. The second kappa shape index (κ2) is 12.7. The number of methoxy groups -OCH3 is 1. The fourth-order valence-electron chi connectivity index (χ4n) is 4.31. The van der Waals surface area contributed by atoms with Crippen LogP contribution < -0.4 is 20.2 Å². The van der Waals surface area contributed by atoms with E-state index in [1.807, 2.05) is 18.2 Å². The second-order valence-electron chi connectivity index (χ2n) is 8.74. The topological polar surface area (TPSA) is 107 Å². The average Bonchev–Trinajstić information content (AvgIpc) is 3.29. The number of phenols is 1. The maximum atomic E-state index is 11.7. The molecule has 8 heteroatoms. The summed E-state index contributed by atoms with van der Waals surface area (Å²) in [7, 11) is 1.71. The number of aromatic nitrogens is 1. The normalized spacial score (nSPS) is 12.2. The first-order chi connectivity index (χ1) is 17.5. The molecule has 0 fully saturated rings. The molecule has 190 valence electrons. The molecule has 0 bridgehead atoms. The molecule has 0 radical (unpaired) electrons. The maximum absolute atomic E-state index is 11.7. The summed E-state index contributed by atoms with van der Waals surface area (Å²) >= 11 is 0.999. The third-order valence-corrected chi connectivity index (χ3v) is 7.15. The van der Waals surface area contributed by atoms with Gasteiger partial charge >= 0.3 is 4.87 Å². The third kappa shape index (κ3) is 6.73. The van der Waals surface area contributed by atoms with Gasteiger partial charge in [0.25, 0.3) is 0 Å². The molecule has 0 aliphatic rings. The molecule has 4 aromatic rings. The van der Waals surface area contributed by atoms with Gasteiger partial charge < -0.3 is 30.6 Å². The molecule has 1 unspecified atom stereocenters. The Hall–Kier alpha value is -3.17. The molecular weight excluding hydrogens is 474 g/mol. The number of aliphatic hydroxyl groups is 1. The lowest BCUT2D eigenvalue weighted by molar-refractivity contribution is 0.176. The number of benzene rings is 3. The molecule has 0 amide bonds. The average molecular weight is 508 g/mol. The summed E-state index contributed by atoms with van der Waals surface area (Å²) in [6.07, 6.45) is 1.97. The Morgan fingerprint density at radius 2 is 1.67 bits per heavy atom. The minimum atomic E-state index is -0.771. The van der Waals surface area contributed by atoms with Crippen molar-refractivity contribution < 1.29 is 14.9 Å². The lowest BCUT2D eigenvalue weighted by Crippen LogP contribution is -2.24. The number of aromatic amines is 1. The molecule has 0 saturated carbocycles. The van der Waals surface area contributed by atoms with Gasteiger partial charge in [0.15, 0.2) is 0 Å². The van der Waals surface area contributed by atoms with E-state index in [0.29, 0.717) is 22.3 Å². The number of thiazole rings is 1. The second-order valence-corrected chi connectivity index (χ2v) is 9.73. The van der Waals surface area contributed by atoms with Gasteiger partial charge in [-0.2, -0.15) is 0 Å². The van der Waals surface area contributed by atoms with E-state index >= 15 is 0 Å². The Bertz CT molecular complexity index is 1330. The summed E-state index contributed by atoms with van der Waals surface area (Å²) in [5.41, 5.74) is 4.78. The molecule has 0 spiro atoms. The highest BCUT2D eigenvalue weighted by molar-refractivity contribution is 7.16. The molecule has 1 aromatic heterocycles. The van der Waals surface area contributed by atoms with E-state index in [1.54, 1.807) is 13.2 Å². The number of hydrogen-bond donors (Lipinski definition) is 5. The number of para-hydroxylation sites is 1. The molecule has 0 saturated heterocycles. The van der Waals surface area contributed by atoms with Crippen LogP contribution >= 0.6 is 11.3 Å². The van der Waals surface area contributed by atoms with E-state index < -0.39 is 6.10 Å². The third-order valence-electron chi connectivity index (χ3n) is 6.22. The monoisotopic (exact) mass is 507 g/mol. The Balaban J connectivity index is 1.19. The van der Waals surface area contributed by atoms with Gasteiger partial charge in [-0.25, -0.2) is 0 Å². The first kappa shape index (κ1) is 25.9. The van der Waals surface area contributed by atoms with Gasteiger partial charge in [-0.3, -0.25) is 4.79 Å². The number of rotatable bonds is 13. The van der Waals surface area contributed by atoms with Crippen LogP contribution in [-0.2, 0) is 19.3 Å². The molecule has 0 aliphatic heterocycles. The standard InChI is InChI=1S/C28H33N3O4S/c1-35-25-8-3-2-7-21(25)13-16-29-14-11-19-5-4-6-20(17-19)12-15-30-18-24(33)22-9-10-23(32)26-27(22)36-28(34)31-26/h2-10,17,24,29-30,32-33H,11-16,18H2,1H3,(H,31,34). The Morgan fingerprint density at radius 3 is 2.44 bits per heavy atom. The smallest absolute Gasteiger partial charge is 0.305 e. The van der Waals surface area contributed by atoms with Gasteiger partial charge in [0.05, 0.1) is 17.9 Å². The van der Waals surface area contributed by atoms with Gasteiger partial charge in [-0.1, -0.05) is 59.9 Å². The lowest BCUT2D eigenvalue weighted by Gasteiger charge is -2.14. The predicted molar refractivity (Wildman–Crippen MR) is 145 cm³/mol. The summed E-state index contributed by atoms with van der Waals surface area (Å²) in [4.78, 5) is 14.1. The zero-order chi connectivity index (χ0) is 25.3. The minimum Gasteiger partial charge on any atom is -0.506 e. The highest BCUT2D eigenvalue weighted by Gasteiger charge is 2.16. The molecule has 5 N–H and O–H groups in total. The number of H-pyrrole nitrogens is 1. The number of ether oxygens (including phenoxy) is 1. The quantitative estimate of drug-likeness (QED) is 0.177. The SMILES string of the molecule is COc1ccccc1CCNCCc1cccc(CCNCC(O)c2ccc(O)c3[nH]c(=O)sc23)c1. The van der Waals surface area contributed by atoms with Crippen molar-refractivity contribution in [3.63, 3.8) is 0 Å². The minimum absolute atomic E-state index is 0.0127. The Kier molecular flexibility index (Phi) is 9.13. The molecule has 36 heavy (non-hydrogen) atoms. The maximum Gasteiger partial charge on any atom is 0.305 e. The van der Waals surface area contributed by atoms with Crippen LogP contribution in [0.25, 0.3) is 10.2 Å². The van der Waals surface area contributed by atoms with E-state index in [1.165, 1.54) is 22.8 Å². The molecular formula is C28H33N3O4S. The Labute approximate surface area is 214 Å². The first-order valence-electron chi connectivity index (χ1n) is 12.2. The fraction of sp³-hybridized carbons (Fsp3) is 0.321. The number of aromatic hydroxyl groups is 1. The summed E-state index contributed by atoms with van der Waals surface area (Å²) < 4.78 is 6.01. The van der Waals surface area contributed by atoms with Crippen LogP contribution in [0.2, 0.25) is 0 Å². The summed E-state index contributed by atoms with van der Waals surface area (Å²) in [5, 5.41) is 27.4. The molecule has 4 rings (SSSR count). The van der Waals surface area contributed by atoms with Gasteiger partial charge in [-0.05, 0) is 67.7 Å². The van der Waals surface area contributed by atoms with Crippen LogP contribution in [0.1, 0.15) is 28.4 Å². The highest BCUT2D eigenvalue weighted by atomic mass is 32.1. The van der Waals surface area contributed by atoms with Crippen molar-refractivity contribution in [2.75, 3.05) is 33.3 Å². The zero-order valence-corrected chi connectivity index (χ0v) is 21.2. The van der Waals surface area contributed by atoms with E-state index in [4.69, 9.17) is 4.74 Å². The number of hydrogen-bond acceptors (Lipinski definition) is 7. The van der Waals surface area contributed by atoms with Crippen LogP contribution in [0, 0.1) is 0 Å². The molecule has 1 heterocycles. The first-order valence-corrected chi connectivity index (χ1v) is 13.0. The van der Waals surface area contributed by atoms with E-state index in [0.717, 1.165) is 56.0 Å².